The van der Waals surface area contributed by atoms with Gasteiger partial charge in [0, 0.05) is 38.4 Å². The summed E-state index contributed by atoms with van der Waals surface area (Å²) in [6.45, 7) is 0. The average molecular weight is 574 g/mol. The molecule has 6 aromatic carbocycles. The van der Waals surface area contributed by atoms with Crippen molar-refractivity contribution in [2.75, 3.05) is 0 Å². The molecule has 0 saturated carbocycles. The van der Waals surface area contributed by atoms with Crippen molar-refractivity contribution in [1.29, 1.82) is 0 Å². The van der Waals surface area contributed by atoms with Crippen LogP contribution in [0.2, 0.25) is 0 Å². The first-order valence-electron chi connectivity index (χ1n) is 18.9. The van der Waals surface area contributed by atoms with Crippen LogP contribution < -0.4 is 0 Å². The highest BCUT2D eigenvalue weighted by atomic mass is 15.2. The fourth-order valence-electron chi connectivity index (χ4n) is 5.97. The number of hydrogen-bond donors (Lipinski definition) is 0. The van der Waals surface area contributed by atoms with Gasteiger partial charge in [0.2, 0.25) is 5.95 Å². The van der Waals surface area contributed by atoms with Crippen LogP contribution in [-0.4, -0.2) is 24.1 Å². The van der Waals surface area contributed by atoms with Gasteiger partial charge in [-0.2, -0.15) is 9.97 Å². The van der Waals surface area contributed by atoms with Crippen LogP contribution in [0.4, 0.5) is 0 Å². The predicted octanol–water partition coefficient (Wildman–Crippen LogP) is 9.40. The van der Waals surface area contributed by atoms with Crippen molar-refractivity contribution >= 4 is 43.6 Å². The van der Waals surface area contributed by atoms with Crippen LogP contribution in [0.5, 0.6) is 0 Å². The fourth-order valence-corrected chi connectivity index (χ4v) is 5.97. The van der Waals surface area contributed by atoms with Gasteiger partial charge in [0.25, 0.3) is 0 Å². The Morgan fingerprint density at radius 1 is 0.432 bits per heavy atom. The van der Waals surface area contributed by atoms with E-state index in [9.17, 15) is 0 Å². The van der Waals surface area contributed by atoms with Crippen LogP contribution in [0.3, 0.4) is 0 Å². The summed E-state index contributed by atoms with van der Waals surface area (Å²) in [7, 11) is 0. The SMILES string of the molecule is [2H]c1c([2H])c([2H])c(-c2nc(-c3c([2H])c([2H])c([2H])c([2H])c3[2H])nc(-n3c4ccccc4c4ccc5c6ccccc6n(-c6ccccc6)c5c43)n2)c([2H])c1[2H]. The Morgan fingerprint density at radius 3 is 1.48 bits per heavy atom. The van der Waals surface area contributed by atoms with E-state index in [1.54, 1.807) is 4.57 Å². The number of rotatable bonds is 4. The molecule has 0 bridgehead atoms. The van der Waals surface area contributed by atoms with E-state index in [1.807, 2.05) is 84.9 Å². The summed E-state index contributed by atoms with van der Waals surface area (Å²) in [5.74, 6) is -0.724. The van der Waals surface area contributed by atoms with E-state index < -0.39 is 60.4 Å². The number of hydrogen-bond acceptors (Lipinski definition) is 3. The van der Waals surface area contributed by atoms with Crippen molar-refractivity contribution < 1.29 is 13.7 Å². The molecule has 0 amide bonds. The Morgan fingerprint density at radius 2 is 0.909 bits per heavy atom. The highest BCUT2D eigenvalue weighted by Crippen LogP contribution is 2.41. The molecule has 3 heterocycles. The fraction of sp³-hybridized carbons (Fsp3) is 0. The lowest BCUT2D eigenvalue weighted by Crippen LogP contribution is -2.07. The summed E-state index contributed by atoms with van der Waals surface area (Å²) in [4.78, 5) is 14.1. The van der Waals surface area contributed by atoms with Gasteiger partial charge in [0.15, 0.2) is 11.6 Å². The minimum atomic E-state index is -0.608. The minimum Gasteiger partial charge on any atom is -0.307 e. The van der Waals surface area contributed by atoms with Crippen molar-refractivity contribution in [3.8, 4) is 34.4 Å². The summed E-state index contributed by atoms with van der Waals surface area (Å²) in [6.07, 6.45) is 0. The van der Waals surface area contributed by atoms with E-state index in [4.69, 9.17) is 23.7 Å². The van der Waals surface area contributed by atoms with E-state index in [0.717, 1.165) is 38.3 Å². The van der Waals surface area contributed by atoms with Gasteiger partial charge in [-0.15, -0.1) is 0 Å². The molecule has 0 unspecified atom stereocenters. The third kappa shape index (κ3) is 3.69. The molecule has 44 heavy (non-hydrogen) atoms. The molecule has 206 valence electrons. The van der Waals surface area contributed by atoms with Gasteiger partial charge in [0.1, 0.15) is 0 Å². The zero-order valence-corrected chi connectivity index (χ0v) is 22.9. The Balaban J connectivity index is 1.50. The van der Waals surface area contributed by atoms with Gasteiger partial charge in [0.05, 0.1) is 35.8 Å². The second-order valence-corrected chi connectivity index (χ2v) is 10.2. The summed E-state index contributed by atoms with van der Waals surface area (Å²) in [5.41, 5.74) is 3.33. The normalized spacial score (nSPS) is 14.8. The van der Waals surface area contributed by atoms with Gasteiger partial charge < -0.3 is 4.57 Å². The van der Waals surface area contributed by atoms with Crippen molar-refractivity contribution in [3.63, 3.8) is 0 Å². The van der Waals surface area contributed by atoms with Gasteiger partial charge in [-0.3, -0.25) is 4.57 Å². The molecule has 3 aromatic heterocycles. The largest absolute Gasteiger partial charge is 0.307 e. The Labute approximate surface area is 267 Å². The van der Waals surface area contributed by atoms with Crippen molar-refractivity contribution in [2.45, 2.75) is 0 Å². The lowest BCUT2D eigenvalue weighted by atomic mass is 10.1. The second-order valence-electron chi connectivity index (χ2n) is 10.2. The highest BCUT2D eigenvalue weighted by molar-refractivity contribution is 6.23. The maximum absolute atomic E-state index is 8.79. The second kappa shape index (κ2) is 9.75. The van der Waals surface area contributed by atoms with E-state index in [-0.39, 0.29) is 28.7 Å². The number of para-hydroxylation sites is 3. The molecule has 0 N–H and O–H groups in total. The van der Waals surface area contributed by atoms with E-state index in [1.165, 1.54) is 0 Å². The molecular weight excluding hydrogens is 538 g/mol. The number of fused-ring (bicyclic) bond motifs is 7. The lowest BCUT2D eigenvalue weighted by Gasteiger charge is -2.13. The maximum Gasteiger partial charge on any atom is 0.238 e. The van der Waals surface area contributed by atoms with Crippen LogP contribution in [0.15, 0.2) is 151 Å². The molecule has 0 saturated heterocycles. The van der Waals surface area contributed by atoms with E-state index in [2.05, 4.69) is 15.6 Å². The summed E-state index contributed by atoms with van der Waals surface area (Å²) < 4.78 is 89.0. The van der Waals surface area contributed by atoms with Gasteiger partial charge >= 0.3 is 0 Å². The highest BCUT2D eigenvalue weighted by Gasteiger charge is 2.23. The van der Waals surface area contributed by atoms with Crippen LogP contribution in [0, 0.1) is 0 Å². The van der Waals surface area contributed by atoms with Gasteiger partial charge in [-0.25, -0.2) is 4.98 Å². The molecule has 0 aliphatic carbocycles. The Bertz CT molecular complexity index is 2920. The third-order valence-corrected chi connectivity index (χ3v) is 7.75. The van der Waals surface area contributed by atoms with Gasteiger partial charge in [-0.1, -0.05) is 127 Å². The Kier molecular flexibility index (Phi) is 3.66. The molecular formula is C39H25N5. The molecule has 5 nitrogen and oxygen atoms in total. The number of benzene rings is 6. The van der Waals surface area contributed by atoms with E-state index in [0.29, 0.717) is 11.0 Å². The van der Waals surface area contributed by atoms with Crippen molar-refractivity contribution in [3.05, 3.63) is 151 Å². The number of nitrogens with zero attached hydrogens (tertiary/aromatic N) is 5. The average Bonchev–Trinajstić information content (AvgIpc) is 3.71. The summed E-state index contributed by atoms with van der Waals surface area (Å²) in [5, 5.41) is 3.60. The number of aromatic nitrogens is 5. The Hall–Kier alpha value is -6.07. The molecule has 9 aromatic rings. The topological polar surface area (TPSA) is 48.5 Å². The standard InChI is InChI=1S/C39H25N5/c1-4-14-26(15-5-1)37-40-38(27-16-6-2-7-17-27)42-39(41-37)44-34-23-13-11-21-30(34)32-25-24-31-29-20-10-12-22-33(29)43(35(31)36(32)44)28-18-8-3-9-19-28/h1-25H/i1D,2D,4D,5D,6D,7D,14D,15D,16D,17D. The van der Waals surface area contributed by atoms with E-state index >= 15 is 0 Å². The summed E-state index contributed by atoms with van der Waals surface area (Å²) >= 11 is 0. The molecule has 5 heteroatoms. The maximum atomic E-state index is 8.79. The monoisotopic (exact) mass is 573 g/mol. The smallest absolute Gasteiger partial charge is 0.238 e. The molecule has 0 aliphatic rings. The molecule has 0 fully saturated rings. The van der Waals surface area contributed by atoms with Crippen LogP contribution >= 0.6 is 0 Å². The van der Waals surface area contributed by atoms with Crippen LogP contribution in [-0.2, 0) is 0 Å². The van der Waals surface area contributed by atoms with Crippen LogP contribution in [0.1, 0.15) is 13.7 Å². The quantitative estimate of drug-likeness (QED) is 0.211. The zero-order valence-electron chi connectivity index (χ0n) is 32.9. The minimum absolute atomic E-state index is 0.0582. The van der Waals surface area contributed by atoms with Crippen LogP contribution in [0.25, 0.3) is 78.0 Å². The molecule has 0 radical (unpaired) electrons. The molecule has 0 atom stereocenters. The van der Waals surface area contributed by atoms with Crippen molar-refractivity contribution in [2.24, 2.45) is 0 Å². The molecule has 0 aliphatic heterocycles. The predicted molar refractivity (Wildman–Crippen MR) is 179 cm³/mol. The first kappa shape index (κ1) is 16.5. The van der Waals surface area contributed by atoms with Crippen molar-refractivity contribution in [1.82, 2.24) is 24.1 Å². The molecule has 0 spiro atoms. The lowest BCUT2D eigenvalue weighted by molar-refractivity contribution is 0.953. The van der Waals surface area contributed by atoms with Gasteiger partial charge in [-0.05, 0) is 24.3 Å². The first-order valence-corrected chi connectivity index (χ1v) is 13.9. The summed E-state index contributed by atoms with van der Waals surface area (Å²) in [6, 6.07) is 23.7. The third-order valence-electron chi connectivity index (χ3n) is 7.75. The molecule has 9 rings (SSSR count). The first-order chi connectivity index (χ1) is 26.0. The zero-order chi connectivity index (χ0) is 37.7.